The number of hydrogen-bond acceptors (Lipinski definition) is 4. The lowest BCUT2D eigenvalue weighted by atomic mass is 9.86. The highest BCUT2D eigenvalue weighted by molar-refractivity contribution is 7.10. The molecule has 0 fully saturated rings. The van der Waals surface area contributed by atoms with Gasteiger partial charge in [-0.15, -0.1) is 11.3 Å². The van der Waals surface area contributed by atoms with Crippen LogP contribution in [0.5, 0.6) is 0 Å². The number of hydrogen-bond donors (Lipinski definition) is 2. The summed E-state index contributed by atoms with van der Waals surface area (Å²) in [5.74, 6) is 0.332. The second-order valence-electron chi connectivity index (χ2n) is 6.22. The molecule has 1 aliphatic heterocycles. The van der Waals surface area contributed by atoms with Crippen LogP contribution in [-0.4, -0.2) is 29.0 Å². The third kappa shape index (κ3) is 3.73. The number of rotatable bonds is 6. The maximum Gasteiger partial charge on any atom is 0.144 e. The molecule has 5 heteroatoms. The molecule has 0 atom stereocenters. The highest BCUT2D eigenvalue weighted by Crippen LogP contribution is 2.26. The molecule has 0 saturated heterocycles. The number of nitrogens with two attached hydrogens (primary N) is 1. The van der Waals surface area contributed by atoms with E-state index >= 15 is 0 Å². The minimum atomic E-state index is -0.211. The Hall–Kier alpha value is -1.07. The average Bonchev–Trinajstić information content (AvgIpc) is 2.90. The van der Waals surface area contributed by atoms with Crippen molar-refractivity contribution in [2.45, 2.75) is 46.1 Å². The van der Waals surface area contributed by atoms with Crippen LogP contribution in [0.3, 0.4) is 0 Å². The zero-order valence-corrected chi connectivity index (χ0v) is 13.2. The van der Waals surface area contributed by atoms with Gasteiger partial charge in [-0.05, 0) is 42.8 Å². The molecule has 4 nitrogen and oxygen atoms in total. The largest absolute Gasteiger partial charge is 0.409 e. The fourth-order valence-corrected chi connectivity index (χ4v) is 3.55. The molecule has 3 N–H and O–H groups in total. The van der Waals surface area contributed by atoms with Gasteiger partial charge in [0.1, 0.15) is 5.84 Å². The van der Waals surface area contributed by atoms with Gasteiger partial charge in [0, 0.05) is 23.4 Å². The van der Waals surface area contributed by atoms with E-state index in [-0.39, 0.29) is 5.41 Å². The Morgan fingerprint density at radius 3 is 3.05 bits per heavy atom. The molecule has 1 aromatic rings. The van der Waals surface area contributed by atoms with Crippen LogP contribution in [0.4, 0.5) is 0 Å². The molecule has 0 aliphatic carbocycles. The first-order valence-corrected chi connectivity index (χ1v) is 8.16. The van der Waals surface area contributed by atoms with Crippen LogP contribution in [0, 0.1) is 5.41 Å². The summed E-state index contributed by atoms with van der Waals surface area (Å²) >= 11 is 1.89. The van der Waals surface area contributed by atoms with Gasteiger partial charge in [0.25, 0.3) is 0 Å². The lowest BCUT2D eigenvalue weighted by Gasteiger charge is -2.27. The Kier molecular flexibility index (Phi) is 5.05. The second-order valence-corrected chi connectivity index (χ2v) is 7.22. The maximum atomic E-state index is 8.76. The van der Waals surface area contributed by atoms with Crippen molar-refractivity contribution in [2.24, 2.45) is 16.3 Å². The van der Waals surface area contributed by atoms with Crippen LogP contribution in [0.25, 0.3) is 0 Å². The molecule has 2 heterocycles. The maximum absolute atomic E-state index is 8.76. The monoisotopic (exact) mass is 295 g/mol. The van der Waals surface area contributed by atoms with E-state index in [0.29, 0.717) is 5.84 Å². The highest BCUT2D eigenvalue weighted by atomic mass is 32.1. The zero-order valence-electron chi connectivity index (χ0n) is 12.4. The van der Waals surface area contributed by atoms with Crippen LogP contribution in [-0.2, 0) is 13.0 Å². The van der Waals surface area contributed by atoms with E-state index in [9.17, 15) is 0 Å². The average molecular weight is 295 g/mol. The molecule has 0 amide bonds. The topological polar surface area (TPSA) is 61.8 Å². The third-order valence-electron chi connectivity index (χ3n) is 4.21. The molecule has 2 rings (SSSR count). The predicted octanol–water partition coefficient (Wildman–Crippen LogP) is 3.05. The number of thiophene rings is 1. The van der Waals surface area contributed by atoms with Crippen molar-refractivity contribution in [3.63, 3.8) is 0 Å². The molecular formula is C15H25N3OS. The number of fused-ring (bicyclic) bond motifs is 1. The number of amidine groups is 1. The molecule has 20 heavy (non-hydrogen) atoms. The first kappa shape index (κ1) is 15.3. The van der Waals surface area contributed by atoms with Crippen molar-refractivity contribution >= 4 is 17.2 Å². The third-order valence-corrected chi connectivity index (χ3v) is 5.24. The van der Waals surface area contributed by atoms with Gasteiger partial charge in [-0.25, -0.2) is 0 Å². The minimum absolute atomic E-state index is 0.211. The van der Waals surface area contributed by atoms with Crippen molar-refractivity contribution in [3.05, 3.63) is 21.9 Å². The van der Waals surface area contributed by atoms with Gasteiger partial charge in [-0.1, -0.05) is 25.4 Å². The normalized spacial score (nSPS) is 17.2. The van der Waals surface area contributed by atoms with Crippen molar-refractivity contribution in [3.8, 4) is 0 Å². The fourth-order valence-electron chi connectivity index (χ4n) is 2.66. The Labute approximate surface area is 125 Å². The Morgan fingerprint density at radius 2 is 2.30 bits per heavy atom. The van der Waals surface area contributed by atoms with Gasteiger partial charge in [0.05, 0.1) is 0 Å². The van der Waals surface area contributed by atoms with E-state index < -0.39 is 0 Å². The van der Waals surface area contributed by atoms with Gasteiger partial charge in [0.2, 0.25) is 0 Å². The Morgan fingerprint density at radius 1 is 1.50 bits per heavy atom. The molecule has 0 spiro atoms. The zero-order chi connectivity index (χ0) is 14.6. The Balaban J connectivity index is 1.70. The molecule has 0 unspecified atom stereocenters. The molecule has 0 radical (unpaired) electrons. The lowest BCUT2D eigenvalue weighted by Crippen LogP contribution is -2.33. The van der Waals surface area contributed by atoms with E-state index in [1.165, 1.54) is 24.9 Å². The molecule has 112 valence electrons. The van der Waals surface area contributed by atoms with Crippen molar-refractivity contribution < 1.29 is 5.21 Å². The summed E-state index contributed by atoms with van der Waals surface area (Å²) < 4.78 is 0. The number of oxime groups is 1. The van der Waals surface area contributed by atoms with E-state index in [0.717, 1.165) is 25.9 Å². The number of unbranched alkanes of at least 4 members (excludes halogenated alkanes) is 1. The van der Waals surface area contributed by atoms with Gasteiger partial charge < -0.3 is 10.9 Å². The van der Waals surface area contributed by atoms with Gasteiger partial charge >= 0.3 is 0 Å². The first-order chi connectivity index (χ1) is 9.53. The van der Waals surface area contributed by atoms with Crippen LogP contribution in [0.2, 0.25) is 0 Å². The number of nitrogens with zero attached hydrogens (tertiary/aromatic N) is 2. The Bertz CT molecular complexity index is 467. The minimum Gasteiger partial charge on any atom is -0.409 e. The van der Waals surface area contributed by atoms with Crippen LogP contribution < -0.4 is 5.73 Å². The van der Waals surface area contributed by atoms with Crippen LogP contribution in [0.1, 0.15) is 43.6 Å². The molecule has 1 aliphatic rings. The van der Waals surface area contributed by atoms with E-state index in [1.807, 2.05) is 25.2 Å². The summed E-state index contributed by atoms with van der Waals surface area (Å²) in [4.78, 5) is 4.10. The van der Waals surface area contributed by atoms with E-state index in [2.05, 4.69) is 21.5 Å². The van der Waals surface area contributed by atoms with E-state index in [4.69, 9.17) is 10.9 Å². The standard InChI is InChI=1S/C15H25N3OS/c1-15(2,14(16)17-19)7-3-4-8-18-9-5-13-12(11-18)6-10-20-13/h6,10,19H,3-5,7-9,11H2,1-2H3,(H2,16,17). The van der Waals surface area contributed by atoms with Crippen LogP contribution in [0.15, 0.2) is 16.6 Å². The summed E-state index contributed by atoms with van der Waals surface area (Å²) in [7, 11) is 0. The fraction of sp³-hybridized carbons (Fsp3) is 0.667. The summed E-state index contributed by atoms with van der Waals surface area (Å²) in [6.07, 6.45) is 4.43. The van der Waals surface area contributed by atoms with Crippen molar-refractivity contribution in [1.82, 2.24) is 4.90 Å². The first-order valence-electron chi connectivity index (χ1n) is 7.28. The smallest absolute Gasteiger partial charge is 0.144 e. The van der Waals surface area contributed by atoms with Crippen molar-refractivity contribution in [2.75, 3.05) is 13.1 Å². The molecule has 0 saturated carbocycles. The van der Waals surface area contributed by atoms with Gasteiger partial charge in [0.15, 0.2) is 0 Å². The lowest BCUT2D eigenvalue weighted by molar-refractivity contribution is 0.245. The van der Waals surface area contributed by atoms with E-state index in [1.54, 1.807) is 4.88 Å². The van der Waals surface area contributed by atoms with Gasteiger partial charge in [-0.2, -0.15) is 0 Å². The van der Waals surface area contributed by atoms with Gasteiger partial charge in [-0.3, -0.25) is 4.90 Å². The molecule has 0 aromatic carbocycles. The van der Waals surface area contributed by atoms with Crippen LogP contribution >= 0.6 is 11.3 Å². The highest BCUT2D eigenvalue weighted by Gasteiger charge is 2.23. The predicted molar refractivity (Wildman–Crippen MR) is 84.3 cm³/mol. The summed E-state index contributed by atoms with van der Waals surface area (Å²) in [6, 6.07) is 2.26. The summed E-state index contributed by atoms with van der Waals surface area (Å²) in [5.41, 5.74) is 7.01. The molecule has 0 bridgehead atoms. The molecule has 1 aromatic heterocycles. The summed E-state index contributed by atoms with van der Waals surface area (Å²) in [5, 5.41) is 14.1. The second kappa shape index (κ2) is 6.59. The molecular weight excluding hydrogens is 270 g/mol. The summed E-state index contributed by atoms with van der Waals surface area (Å²) in [6.45, 7) is 7.47. The quantitative estimate of drug-likeness (QED) is 0.279. The SMILES string of the molecule is CC(C)(CCCCN1CCc2sccc2C1)/C(N)=N/O. The van der Waals surface area contributed by atoms with Crippen molar-refractivity contribution in [1.29, 1.82) is 0 Å².